The lowest BCUT2D eigenvalue weighted by Crippen LogP contribution is -2.50. The molecule has 0 unspecified atom stereocenters. The molecule has 0 aromatic heterocycles. The number of hydrogen-bond acceptors (Lipinski definition) is 6. The van der Waals surface area contributed by atoms with E-state index in [1.54, 1.807) is 33.0 Å². The molecule has 1 fully saturated rings. The van der Waals surface area contributed by atoms with Gasteiger partial charge in [0.2, 0.25) is 0 Å². The number of likely N-dealkylation sites (tertiary alicyclic amines) is 1. The number of halogens is 1. The normalized spacial score (nSPS) is 21.9. The van der Waals surface area contributed by atoms with Gasteiger partial charge in [0.15, 0.2) is 0 Å². The van der Waals surface area contributed by atoms with Crippen LogP contribution in [0, 0.1) is 11.7 Å². The van der Waals surface area contributed by atoms with E-state index in [0.717, 1.165) is 19.4 Å². The lowest BCUT2D eigenvalue weighted by atomic mass is 9.93. The number of amides is 2. The van der Waals surface area contributed by atoms with Gasteiger partial charge in [0.05, 0.1) is 30.7 Å². The van der Waals surface area contributed by atoms with Crippen molar-refractivity contribution in [3.8, 4) is 0 Å². The Hall–Kier alpha value is -2.94. The number of carbonyl (C=O) groups excluding carboxylic acids is 3. The average molecular weight is 448 g/mol. The molecule has 2 amide bonds. The third-order valence-corrected chi connectivity index (χ3v) is 5.77. The Labute approximate surface area is 187 Å². The minimum absolute atomic E-state index is 0.179. The van der Waals surface area contributed by atoms with Crippen molar-refractivity contribution in [2.24, 2.45) is 5.92 Å². The standard InChI is InChI=1S/C23H30FN3O5/c1-4-31-21(28)16-7-6-12-27(13-16)14-18-19(22(29)32-5-2)20(25-23(30)26(18)3)15-8-10-17(24)11-9-15/h8-11,16,20H,4-7,12-14H2,1-3H3,(H,25,30)/t16-,20-/m0/s1. The minimum atomic E-state index is -0.765. The number of piperidine rings is 1. The maximum Gasteiger partial charge on any atom is 0.338 e. The molecule has 2 atom stereocenters. The molecule has 0 aliphatic carbocycles. The van der Waals surface area contributed by atoms with Crippen LogP contribution in [0.15, 0.2) is 35.5 Å². The number of ether oxygens (including phenoxy) is 2. The molecule has 174 valence electrons. The molecule has 0 bridgehead atoms. The second-order valence-corrected chi connectivity index (χ2v) is 7.90. The fourth-order valence-electron chi connectivity index (χ4n) is 4.17. The summed E-state index contributed by atoms with van der Waals surface area (Å²) in [6.45, 7) is 5.51. The first-order valence-electron chi connectivity index (χ1n) is 10.9. The largest absolute Gasteiger partial charge is 0.466 e. The Morgan fingerprint density at radius 2 is 1.84 bits per heavy atom. The SMILES string of the molecule is CCOC(=O)C1=C(CN2CCC[C@H](C(=O)OCC)C2)N(C)C(=O)N[C@H]1c1ccc(F)cc1. The van der Waals surface area contributed by atoms with E-state index in [0.29, 0.717) is 36.5 Å². The van der Waals surface area contributed by atoms with E-state index >= 15 is 0 Å². The zero-order valence-electron chi connectivity index (χ0n) is 18.7. The third-order valence-electron chi connectivity index (χ3n) is 5.77. The molecule has 3 rings (SSSR count). The molecule has 2 aliphatic rings. The van der Waals surface area contributed by atoms with Gasteiger partial charge in [-0.15, -0.1) is 0 Å². The monoisotopic (exact) mass is 447 g/mol. The molecule has 0 saturated carbocycles. The predicted octanol–water partition coefficient (Wildman–Crippen LogP) is 2.61. The smallest absolute Gasteiger partial charge is 0.338 e. The summed E-state index contributed by atoms with van der Waals surface area (Å²) in [6.07, 6.45) is 1.55. The van der Waals surface area contributed by atoms with Gasteiger partial charge in [0.25, 0.3) is 0 Å². The Bertz CT molecular complexity index is 886. The van der Waals surface area contributed by atoms with Crippen LogP contribution in [0.2, 0.25) is 0 Å². The van der Waals surface area contributed by atoms with Crippen LogP contribution in [0.1, 0.15) is 38.3 Å². The molecule has 2 aliphatic heterocycles. The number of nitrogens with zero attached hydrogens (tertiary/aromatic N) is 2. The summed E-state index contributed by atoms with van der Waals surface area (Å²) in [5, 5.41) is 2.82. The van der Waals surface area contributed by atoms with Crippen LogP contribution in [-0.2, 0) is 19.1 Å². The lowest BCUT2D eigenvalue weighted by Gasteiger charge is -2.38. The van der Waals surface area contributed by atoms with Crippen molar-refractivity contribution >= 4 is 18.0 Å². The maximum atomic E-state index is 13.5. The molecule has 1 aromatic carbocycles. The zero-order chi connectivity index (χ0) is 23.3. The minimum Gasteiger partial charge on any atom is -0.466 e. The van der Waals surface area contributed by atoms with Crippen LogP contribution >= 0.6 is 0 Å². The number of hydrogen-bond donors (Lipinski definition) is 1. The summed E-state index contributed by atoms with van der Waals surface area (Å²) in [6, 6.07) is 4.52. The number of likely N-dealkylation sites (N-methyl/N-ethyl adjacent to an activating group) is 1. The number of nitrogens with one attached hydrogen (secondary N) is 1. The van der Waals surface area contributed by atoms with E-state index in [9.17, 15) is 18.8 Å². The summed E-state index contributed by atoms with van der Waals surface area (Å²) < 4.78 is 24.0. The fraction of sp³-hybridized carbons (Fsp3) is 0.522. The molecule has 32 heavy (non-hydrogen) atoms. The number of esters is 2. The van der Waals surface area contributed by atoms with E-state index in [2.05, 4.69) is 10.2 Å². The molecule has 1 N–H and O–H groups in total. The second-order valence-electron chi connectivity index (χ2n) is 7.90. The van der Waals surface area contributed by atoms with Crippen LogP contribution in [0.4, 0.5) is 9.18 Å². The van der Waals surface area contributed by atoms with Crippen molar-refractivity contribution in [2.45, 2.75) is 32.7 Å². The molecular weight excluding hydrogens is 417 g/mol. The first kappa shape index (κ1) is 23.7. The van der Waals surface area contributed by atoms with Gasteiger partial charge in [0, 0.05) is 25.8 Å². The molecule has 9 heteroatoms. The van der Waals surface area contributed by atoms with Crippen LogP contribution in [0.25, 0.3) is 0 Å². The fourth-order valence-corrected chi connectivity index (χ4v) is 4.17. The van der Waals surface area contributed by atoms with Gasteiger partial charge in [0.1, 0.15) is 5.82 Å². The second kappa shape index (κ2) is 10.6. The van der Waals surface area contributed by atoms with Crippen molar-refractivity contribution in [3.63, 3.8) is 0 Å². The first-order valence-corrected chi connectivity index (χ1v) is 10.9. The van der Waals surface area contributed by atoms with Crippen molar-refractivity contribution < 1.29 is 28.2 Å². The van der Waals surface area contributed by atoms with E-state index in [1.165, 1.54) is 17.0 Å². The summed E-state index contributed by atoms with van der Waals surface area (Å²) in [5.41, 5.74) is 1.39. The molecule has 0 radical (unpaired) electrons. The topological polar surface area (TPSA) is 88.2 Å². The van der Waals surface area contributed by atoms with Gasteiger partial charge < -0.3 is 14.8 Å². The van der Waals surface area contributed by atoms with Crippen molar-refractivity contribution in [3.05, 3.63) is 46.9 Å². The lowest BCUT2D eigenvalue weighted by molar-refractivity contribution is -0.150. The molecule has 2 heterocycles. The Kier molecular flexibility index (Phi) is 7.84. The van der Waals surface area contributed by atoms with Gasteiger partial charge in [-0.1, -0.05) is 12.1 Å². The van der Waals surface area contributed by atoms with E-state index in [-0.39, 0.29) is 24.5 Å². The third kappa shape index (κ3) is 5.27. The maximum absolute atomic E-state index is 13.5. The highest BCUT2D eigenvalue weighted by Crippen LogP contribution is 2.32. The molecular formula is C23H30FN3O5. The highest BCUT2D eigenvalue weighted by atomic mass is 19.1. The van der Waals surface area contributed by atoms with Crippen molar-refractivity contribution in [2.75, 3.05) is 39.9 Å². The van der Waals surface area contributed by atoms with Crippen molar-refractivity contribution in [1.29, 1.82) is 0 Å². The Balaban J connectivity index is 1.95. The van der Waals surface area contributed by atoms with E-state index in [1.807, 2.05) is 0 Å². The highest BCUT2D eigenvalue weighted by Gasteiger charge is 2.38. The van der Waals surface area contributed by atoms with E-state index < -0.39 is 17.8 Å². The van der Waals surface area contributed by atoms with Gasteiger partial charge in [-0.2, -0.15) is 0 Å². The van der Waals surface area contributed by atoms with Crippen molar-refractivity contribution in [1.82, 2.24) is 15.1 Å². The number of rotatable bonds is 7. The Morgan fingerprint density at radius 3 is 2.50 bits per heavy atom. The van der Waals surface area contributed by atoms with Gasteiger partial charge >= 0.3 is 18.0 Å². The van der Waals surface area contributed by atoms with Gasteiger partial charge in [-0.25, -0.2) is 14.0 Å². The van der Waals surface area contributed by atoms with Crippen LogP contribution in [-0.4, -0.2) is 67.7 Å². The number of benzene rings is 1. The van der Waals surface area contributed by atoms with Crippen LogP contribution in [0.3, 0.4) is 0 Å². The Morgan fingerprint density at radius 1 is 1.16 bits per heavy atom. The number of carbonyl (C=O) groups is 3. The number of urea groups is 1. The predicted molar refractivity (Wildman–Crippen MR) is 115 cm³/mol. The summed E-state index contributed by atoms with van der Waals surface area (Å²) in [7, 11) is 1.59. The summed E-state index contributed by atoms with van der Waals surface area (Å²) in [5.74, 6) is -1.42. The summed E-state index contributed by atoms with van der Waals surface area (Å²) in [4.78, 5) is 41.4. The zero-order valence-corrected chi connectivity index (χ0v) is 18.7. The van der Waals surface area contributed by atoms with E-state index in [4.69, 9.17) is 9.47 Å². The van der Waals surface area contributed by atoms with Gasteiger partial charge in [-0.3, -0.25) is 14.6 Å². The highest BCUT2D eigenvalue weighted by molar-refractivity contribution is 5.95. The van der Waals surface area contributed by atoms with Crippen LogP contribution in [0.5, 0.6) is 0 Å². The quantitative estimate of drug-likeness (QED) is 0.647. The first-order chi connectivity index (χ1) is 15.3. The average Bonchev–Trinajstić information content (AvgIpc) is 2.78. The molecule has 1 saturated heterocycles. The molecule has 1 aromatic rings. The van der Waals surface area contributed by atoms with Crippen LogP contribution < -0.4 is 5.32 Å². The molecule has 8 nitrogen and oxygen atoms in total. The van der Waals surface area contributed by atoms with Gasteiger partial charge in [-0.05, 0) is 50.9 Å². The molecule has 0 spiro atoms. The summed E-state index contributed by atoms with van der Waals surface area (Å²) >= 11 is 0.